The summed E-state index contributed by atoms with van der Waals surface area (Å²) in [6.07, 6.45) is 0. The van der Waals surface area contributed by atoms with Crippen LogP contribution in [0.15, 0.2) is 48.5 Å². The van der Waals surface area contributed by atoms with Crippen LogP contribution in [0.5, 0.6) is 0 Å². The Morgan fingerprint density at radius 3 is 2.37 bits per heavy atom. The van der Waals surface area contributed by atoms with Crippen LogP contribution in [0, 0.1) is 17.5 Å². The van der Waals surface area contributed by atoms with Crippen LogP contribution < -0.4 is 0 Å². The van der Waals surface area contributed by atoms with Crippen molar-refractivity contribution in [2.45, 2.75) is 0 Å². The van der Waals surface area contributed by atoms with Gasteiger partial charge in [0.15, 0.2) is 17.5 Å². The van der Waals surface area contributed by atoms with Crippen molar-refractivity contribution in [3.8, 4) is 11.3 Å². The Balaban J connectivity index is 2.22. The third-order valence-electron chi connectivity index (χ3n) is 2.91. The van der Waals surface area contributed by atoms with Crippen LogP contribution in [0.2, 0.25) is 0 Å². The molecule has 0 aliphatic carbocycles. The van der Waals surface area contributed by atoms with E-state index in [1.165, 1.54) is 6.07 Å². The molecule has 0 aliphatic heterocycles. The molecule has 0 fully saturated rings. The third kappa shape index (κ3) is 1.95. The number of fused-ring (bicyclic) bond motifs is 1. The molecule has 0 saturated heterocycles. The van der Waals surface area contributed by atoms with Crippen molar-refractivity contribution >= 4 is 10.9 Å². The molecule has 0 saturated carbocycles. The molecule has 3 aromatic rings. The number of benzene rings is 2. The molecule has 1 nitrogen and oxygen atoms in total. The normalized spacial score (nSPS) is 10.9. The zero-order chi connectivity index (χ0) is 13.4. The second-order valence-electron chi connectivity index (χ2n) is 4.11. The number of hydrogen-bond donors (Lipinski definition) is 0. The van der Waals surface area contributed by atoms with Gasteiger partial charge < -0.3 is 0 Å². The Hall–Kier alpha value is -2.36. The molecule has 19 heavy (non-hydrogen) atoms. The predicted molar refractivity (Wildman–Crippen MR) is 67.1 cm³/mol. The molecule has 0 aliphatic rings. The van der Waals surface area contributed by atoms with Crippen LogP contribution in [0.3, 0.4) is 0 Å². The maximum absolute atomic E-state index is 13.7. The number of hydrogen-bond acceptors (Lipinski definition) is 1. The van der Waals surface area contributed by atoms with E-state index < -0.39 is 17.5 Å². The van der Waals surface area contributed by atoms with Gasteiger partial charge in [-0.05, 0) is 24.3 Å². The molecule has 0 spiro atoms. The summed E-state index contributed by atoms with van der Waals surface area (Å²) in [5.74, 6) is -3.91. The average Bonchev–Trinajstić information content (AvgIpc) is 2.44. The van der Waals surface area contributed by atoms with Crippen LogP contribution in [0.1, 0.15) is 0 Å². The summed E-state index contributed by atoms with van der Waals surface area (Å²) in [7, 11) is 0. The van der Waals surface area contributed by atoms with Gasteiger partial charge >= 0.3 is 0 Å². The van der Waals surface area contributed by atoms with E-state index in [2.05, 4.69) is 4.98 Å². The summed E-state index contributed by atoms with van der Waals surface area (Å²) in [5, 5.41) is 0.897. The van der Waals surface area contributed by atoms with Crippen LogP contribution >= 0.6 is 0 Å². The Labute approximate surface area is 107 Å². The van der Waals surface area contributed by atoms with E-state index in [1.54, 1.807) is 24.3 Å². The molecule has 2 aromatic carbocycles. The largest absolute Gasteiger partial charge is 0.248 e. The molecule has 0 radical (unpaired) electrons. The molecule has 0 atom stereocenters. The fraction of sp³-hybridized carbons (Fsp3) is 0. The lowest BCUT2D eigenvalue weighted by Crippen LogP contribution is -1.95. The van der Waals surface area contributed by atoms with E-state index in [9.17, 15) is 13.2 Å². The molecule has 0 bridgehead atoms. The van der Waals surface area contributed by atoms with Crippen molar-refractivity contribution in [3.05, 3.63) is 66.0 Å². The summed E-state index contributed by atoms with van der Waals surface area (Å²) in [6, 6.07) is 12.7. The molecule has 0 amide bonds. The van der Waals surface area contributed by atoms with Gasteiger partial charge in [0.25, 0.3) is 0 Å². The standard InChI is InChI=1S/C15H8F3N/c16-11-7-6-10(14(17)15(11)18)13-8-5-9-3-1-2-4-12(9)19-13/h1-8H. The predicted octanol–water partition coefficient (Wildman–Crippen LogP) is 4.32. The number of para-hydroxylation sites is 1. The maximum atomic E-state index is 13.7. The minimum atomic E-state index is -1.48. The molecular weight excluding hydrogens is 251 g/mol. The number of rotatable bonds is 1. The maximum Gasteiger partial charge on any atom is 0.195 e. The lowest BCUT2D eigenvalue weighted by Gasteiger charge is -2.05. The fourth-order valence-corrected chi connectivity index (χ4v) is 1.94. The quantitative estimate of drug-likeness (QED) is 0.593. The Morgan fingerprint density at radius 1 is 0.737 bits per heavy atom. The van der Waals surface area contributed by atoms with Crippen LogP contribution in [0.4, 0.5) is 13.2 Å². The Kier molecular flexibility index (Phi) is 2.71. The molecule has 3 rings (SSSR count). The van der Waals surface area contributed by atoms with E-state index in [-0.39, 0.29) is 11.3 Å². The van der Waals surface area contributed by atoms with Gasteiger partial charge in [-0.25, -0.2) is 18.2 Å². The highest BCUT2D eigenvalue weighted by Crippen LogP contribution is 2.26. The summed E-state index contributed by atoms with van der Waals surface area (Å²) >= 11 is 0. The van der Waals surface area contributed by atoms with Crippen molar-refractivity contribution in [2.24, 2.45) is 0 Å². The minimum Gasteiger partial charge on any atom is -0.248 e. The van der Waals surface area contributed by atoms with Crippen molar-refractivity contribution in [2.75, 3.05) is 0 Å². The smallest absolute Gasteiger partial charge is 0.195 e. The zero-order valence-electron chi connectivity index (χ0n) is 9.70. The highest BCUT2D eigenvalue weighted by molar-refractivity contribution is 5.81. The third-order valence-corrected chi connectivity index (χ3v) is 2.91. The first-order chi connectivity index (χ1) is 9.16. The first-order valence-electron chi connectivity index (χ1n) is 5.66. The Morgan fingerprint density at radius 2 is 1.53 bits per heavy atom. The van der Waals surface area contributed by atoms with Gasteiger partial charge in [0.2, 0.25) is 0 Å². The zero-order valence-corrected chi connectivity index (χ0v) is 9.70. The second kappa shape index (κ2) is 4.39. The topological polar surface area (TPSA) is 12.9 Å². The van der Waals surface area contributed by atoms with Gasteiger partial charge in [0.1, 0.15) is 0 Å². The van der Waals surface area contributed by atoms with Gasteiger partial charge in [-0.15, -0.1) is 0 Å². The van der Waals surface area contributed by atoms with Crippen LogP contribution in [0.25, 0.3) is 22.2 Å². The number of pyridine rings is 1. The van der Waals surface area contributed by atoms with Gasteiger partial charge in [0.05, 0.1) is 11.2 Å². The van der Waals surface area contributed by atoms with Crippen molar-refractivity contribution in [3.63, 3.8) is 0 Å². The summed E-state index contributed by atoms with van der Waals surface area (Å²) in [4.78, 5) is 4.25. The van der Waals surface area contributed by atoms with E-state index in [1.807, 2.05) is 12.1 Å². The first kappa shape index (κ1) is 11.7. The monoisotopic (exact) mass is 259 g/mol. The lowest BCUT2D eigenvalue weighted by atomic mass is 10.1. The average molecular weight is 259 g/mol. The number of aromatic nitrogens is 1. The van der Waals surface area contributed by atoms with E-state index >= 15 is 0 Å². The lowest BCUT2D eigenvalue weighted by molar-refractivity contribution is 0.449. The Bertz CT molecular complexity index is 768. The van der Waals surface area contributed by atoms with Crippen molar-refractivity contribution < 1.29 is 13.2 Å². The van der Waals surface area contributed by atoms with E-state index in [4.69, 9.17) is 0 Å². The van der Waals surface area contributed by atoms with E-state index in [0.29, 0.717) is 5.52 Å². The molecular formula is C15H8F3N. The van der Waals surface area contributed by atoms with Gasteiger partial charge in [-0.3, -0.25) is 0 Å². The molecule has 4 heteroatoms. The summed E-state index contributed by atoms with van der Waals surface area (Å²) in [5.41, 5.74) is 0.892. The van der Waals surface area contributed by atoms with E-state index in [0.717, 1.165) is 11.5 Å². The molecule has 0 N–H and O–H groups in total. The van der Waals surface area contributed by atoms with Crippen molar-refractivity contribution in [1.82, 2.24) is 4.98 Å². The minimum absolute atomic E-state index is 0.0512. The molecule has 94 valence electrons. The highest BCUT2D eigenvalue weighted by Gasteiger charge is 2.15. The highest BCUT2D eigenvalue weighted by atomic mass is 19.2. The van der Waals surface area contributed by atoms with Gasteiger partial charge in [-0.2, -0.15) is 0 Å². The number of halogens is 3. The summed E-state index contributed by atoms with van der Waals surface area (Å²) < 4.78 is 39.8. The van der Waals surface area contributed by atoms with Crippen LogP contribution in [-0.2, 0) is 0 Å². The van der Waals surface area contributed by atoms with Gasteiger partial charge in [0, 0.05) is 10.9 Å². The van der Waals surface area contributed by atoms with Crippen molar-refractivity contribution in [1.29, 1.82) is 0 Å². The van der Waals surface area contributed by atoms with Gasteiger partial charge in [-0.1, -0.05) is 24.3 Å². The summed E-state index contributed by atoms with van der Waals surface area (Å²) in [6.45, 7) is 0. The number of nitrogens with zero attached hydrogens (tertiary/aromatic N) is 1. The molecule has 1 aromatic heterocycles. The van der Waals surface area contributed by atoms with Crippen LogP contribution in [-0.4, -0.2) is 4.98 Å². The SMILES string of the molecule is Fc1ccc(-c2ccc3ccccc3n2)c(F)c1F. The fourth-order valence-electron chi connectivity index (χ4n) is 1.94. The molecule has 1 heterocycles. The first-order valence-corrected chi connectivity index (χ1v) is 5.66. The molecule has 0 unspecified atom stereocenters. The second-order valence-corrected chi connectivity index (χ2v) is 4.11.